The molecular weight excluding hydrogens is 278 g/mol. The number of aliphatic carboxylic acids is 1. The molecule has 1 amide bonds. The van der Waals surface area contributed by atoms with Crippen LogP contribution in [0.5, 0.6) is 0 Å². The smallest absolute Gasteiger partial charge is 0.306 e. The number of carbonyl (C=O) groups excluding carboxylic acids is 1. The molecule has 2 N–H and O–H groups in total. The standard InChI is InChI=1S/C18H27NO3/c1-12(2)9-10-15(18(21)22)14(4)11-17(20)19-16-8-6-5-7-13(16)3/h5-8,12,14-15H,9-11H2,1-4H3,(H,19,20)(H,21,22). The van der Waals surface area contributed by atoms with Crippen molar-refractivity contribution in [2.75, 3.05) is 5.32 Å². The lowest BCUT2D eigenvalue weighted by Gasteiger charge is -2.21. The summed E-state index contributed by atoms with van der Waals surface area (Å²) < 4.78 is 0. The van der Waals surface area contributed by atoms with E-state index in [0.29, 0.717) is 12.3 Å². The Labute approximate surface area is 132 Å². The second-order valence-electron chi connectivity index (χ2n) is 6.46. The van der Waals surface area contributed by atoms with Crippen LogP contribution in [-0.2, 0) is 9.59 Å². The van der Waals surface area contributed by atoms with Crippen molar-refractivity contribution in [3.8, 4) is 0 Å². The quantitative estimate of drug-likeness (QED) is 0.760. The second-order valence-corrected chi connectivity index (χ2v) is 6.46. The summed E-state index contributed by atoms with van der Waals surface area (Å²) in [5.74, 6) is -1.12. The molecule has 0 aromatic heterocycles. The number of carboxylic acids is 1. The van der Waals surface area contributed by atoms with Crippen LogP contribution in [0.1, 0.15) is 45.6 Å². The van der Waals surface area contributed by atoms with E-state index in [0.717, 1.165) is 17.7 Å². The molecule has 4 heteroatoms. The zero-order chi connectivity index (χ0) is 16.7. The van der Waals surface area contributed by atoms with Gasteiger partial charge in [0, 0.05) is 12.1 Å². The summed E-state index contributed by atoms with van der Waals surface area (Å²) >= 11 is 0. The fourth-order valence-electron chi connectivity index (χ4n) is 2.51. The van der Waals surface area contributed by atoms with Gasteiger partial charge in [0.05, 0.1) is 5.92 Å². The maximum absolute atomic E-state index is 12.1. The first-order chi connectivity index (χ1) is 10.3. The third kappa shape index (κ3) is 5.88. The average molecular weight is 305 g/mol. The van der Waals surface area contributed by atoms with Gasteiger partial charge >= 0.3 is 5.97 Å². The van der Waals surface area contributed by atoms with E-state index in [9.17, 15) is 14.7 Å². The molecule has 0 aliphatic rings. The van der Waals surface area contributed by atoms with Gasteiger partial charge in [0.15, 0.2) is 0 Å². The number of para-hydroxylation sites is 1. The van der Waals surface area contributed by atoms with Crippen molar-refractivity contribution in [2.45, 2.75) is 47.0 Å². The van der Waals surface area contributed by atoms with E-state index in [2.05, 4.69) is 19.2 Å². The van der Waals surface area contributed by atoms with Crippen molar-refractivity contribution in [1.82, 2.24) is 0 Å². The van der Waals surface area contributed by atoms with Crippen molar-refractivity contribution in [3.05, 3.63) is 29.8 Å². The van der Waals surface area contributed by atoms with Crippen LogP contribution in [0, 0.1) is 24.7 Å². The Hall–Kier alpha value is -1.84. The van der Waals surface area contributed by atoms with E-state index in [4.69, 9.17) is 0 Å². The second kappa shape index (κ2) is 8.57. The molecule has 0 aliphatic carbocycles. The third-order valence-corrected chi connectivity index (χ3v) is 3.99. The average Bonchev–Trinajstić information content (AvgIpc) is 2.40. The molecule has 4 nitrogen and oxygen atoms in total. The number of hydrogen-bond donors (Lipinski definition) is 2. The van der Waals surface area contributed by atoms with Gasteiger partial charge in [0.2, 0.25) is 5.91 Å². The number of amides is 1. The fraction of sp³-hybridized carbons (Fsp3) is 0.556. The van der Waals surface area contributed by atoms with Crippen LogP contribution in [0.25, 0.3) is 0 Å². The highest BCUT2D eigenvalue weighted by Gasteiger charge is 2.26. The van der Waals surface area contributed by atoms with Gasteiger partial charge in [-0.25, -0.2) is 0 Å². The topological polar surface area (TPSA) is 66.4 Å². The molecule has 2 unspecified atom stereocenters. The van der Waals surface area contributed by atoms with Gasteiger partial charge in [-0.05, 0) is 36.8 Å². The number of benzene rings is 1. The summed E-state index contributed by atoms with van der Waals surface area (Å²) in [5, 5.41) is 12.2. The van der Waals surface area contributed by atoms with Gasteiger partial charge in [-0.15, -0.1) is 0 Å². The molecule has 0 saturated carbocycles. The molecule has 0 saturated heterocycles. The molecule has 1 aromatic carbocycles. The van der Waals surface area contributed by atoms with E-state index < -0.39 is 11.9 Å². The number of aryl methyl sites for hydroxylation is 1. The van der Waals surface area contributed by atoms with Crippen molar-refractivity contribution < 1.29 is 14.7 Å². The van der Waals surface area contributed by atoms with Crippen molar-refractivity contribution in [1.29, 1.82) is 0 Å². The van der Waals surface area contributed by atoms with E-state index in [1.807, 2.05) is 38.1 Å². The molecule has 0 radical (unpaired) electrons. The van der Waals surface area contributed by atoms with Gasteiger partial charge in [-0.2, -0.15) is 0 Å². The first kappa shape index (κ1) is 18.2. The molecule has 0 aliphatic heterocycles. The largest absolute Gasteiger partial charge is 0.481 e. The summed E-state index contributed by atoms with van der Waals surface area (Å²) in [4.78, 5) is 23.6. The number of nitrogens with one attached hydrogen (secondary N) is 1. The Balaban J connectivity index is 2.61. The van der Waals surface area contributed by atoms with Gasteiger partial charge in [-0.1, -0.05) is 45.4 Å². The lowest BCUT2D eigenvalue weighted by Crippen LogP contribution is -2.26. The third-order valence-electron chi connectivity index (χ3n) is 3.99. The monoisotopic (exact) mass is 305 g/mol. The minimum absolute atomic E-state index is 0.127. The Kier molecular flexibility index (Phi) is 7.09. The molecular formula is C18H27NO3. The van der Waals surface area contributed by atoms with Crippen LogP contribution in [0.2, 0.25) is 0 Å². The molecule has 2 atom stereocenters. The summed E-state index contributed by atoms with van der Waals surface area (Å²) in [6, 6.07) is 7.57. The first-order valence-corrected chi connectivity index (χ1v) is 7.89. The van der Waals surface area contributed by atoms with Crippen LogP contribution < -0.4 is 5.32 Å². The summed E-state index contributed by atoms with van der Waals surface area (Å²) in [6.07, 6.45) is 1.70. The first-order valence-electron chi connectivity index (χ1n) is 7.89. The molecule has 122 valence electrons. The highest BCUT2D eigenvalue weighted by molar-refractivity contribution is 5.91. The predicted octanol–water partition coefficient (Wildman–Crippen LogP) is 4.10. The van der Waals surface area contributed by atoms with Crippen LogP contribution in [0.15, 0.2) is 24.3 Å². The maximum atomic E-state index is 12.1. The van der Waals surface area contributed by atoms with Crippen LogP contribution in [-0.4, -0.2) is 17.0 Å². The highest BCUT2D eigenvalue weighted by atomic mass is 16.4. The summed E-state index contributed by atoms with van der Waals surface area (Å²) in [6.45, 7) is 7.93. The van der Waals surface area contributed by atoms with Crippen molar-refractivity contribution >= 4 is 17.6 Å². The number of rotatable bonds is 8. The number of anilines is 1. The minimum Gasteiger partial charge on any atom is -0.481 e. The van der Waals surface area contributed by atoms with E-state index >= 15 is 0 Å². The number of carboxylic acid groups (broad SMARTS) is 1. The molecule has 0 fully saturated rings. The van der Waals surface area contributed by atoms with Gasteiger partial charge in [0.1, 0.15) is 0 Å². The zero-order valence-corrected chi connectivity index (χ0v) is 13.9. The van der Waals surface area contributed by atoms with E-state index in [1.54, 1.807) is 0 Å². The highest BCUT2D eigenvalue weighted by Crippen LogP contribution is 2.24. The van der Waals surface area contributed by atoms with E-state index in [1.165, 1.54) is 0 Å². The predicted molar refractivity (Wildman–Crippen MR) is 88.8 cm³/mol. The lowest BCUT2D eigenvalue weighted by atomic mass is 9.85. The number of carbonyl (C=O) groups is 2. The molecule has 0 spiro atoms. The number of hydrogen-bond acceptors (Lipinski definition) is 2. The van der Waals surface area contributed by atoms with Gasteiger partial charge in [-0.3, -0.25) is 9.59 Å². The Morgan fingerprint density at radius 1 is 1.14 bits per heavy atom. The molecule has 0 bridgehead atoms. The molecule has 0 heterocycles. The zero-order valence-electron chi connectivity index (χ0n) is 13.9. The van der Waals surface area contributed by atoms with Gasteiger partial charge in [0.25, 0.3) is 0 Å². The Morgan fingerprint density at radius 3 is 2.32 bits per heavy atom. The molecule has 1 rings (SSSR count). The Morgan fingerprint density at radius 2 is 1.77 bits per heavy atom. The summed E-state index contributed by atoms with van der Waals surface area (Å²) in [7, 11) is 0. The molecule has 22 heavy (non-hydrogen) atoms. The maximum Gasteiger partial charge on any atom is 0.306 e. The van der Waals surface area contributed by atoms with Gasteiger partial charge < -0.3 is 10.4 Å². The van der Waals surface area contributed by atoms with Crippen molar-refractivity contribution in [2.24, 2.45) is 17.8 Å². The Bertz CT molecular complexity index is 511. The minimum atomic E-state index is -0.808. The molecule has 1 aromatic rings. The fourth-order valence-corrected chi connectivity index (χ4v) is 2.51. The van der Waals surface area contributed by atoms with Crippen LogP contribution in [0.3, 0.4) is 0 Å². The summed E-state index contributed by atoms with van der Waals surface area (Å²) in [5.41, 5.74) is 1.78. The van der Waals surface area contributed by atoms with Crippen molar-refractivity contribution in [3.63, 3.8) is 0 Å². The van der Waals surface area contributed by atoms with E-state index in [-0.39, 0.29) is 18.2 Å². The SMILES string of the molecule is Cc1ccccc1NC(=O)CC(C)C(CCC(C)C)C(=O)O. The lowest BCUT2D eigenvalue weighted by molar-refractivity contribution is -0.144. The van der Waals surface area contributed by atoms with Crippen LogP contribution >= 0.6 is 0 Å². The van der Waals surface area contributed by atoms with Crippen LogP contribution in [0.4, 0.5) is 5.69 Å². The normalized spacial score (nSPS) is 13.7.